The monoisotopic (exact) mass is 337 g/mol. The number of nitro groups is 1. The van der Waals surface area contributed by atoms with Crippen LogP contribution in [0.15, 0.2) is 47.6 Å². The quantitative estimate of drug-likeness (QED) is 0.562. The average molecular weight is 337 g/mol. The summed E-state index contributed by atoms with van der Waals surface area (Å²) in [6.45, 7) is 0. The van der Waals surface area contributed by atoms with Crippen LogP contribution < -0.4 is 10.2 Å². The minimum absolute atomic E-state index is 0.0327. The van der Waals surface area contributed by atoms with E-state index in [9.17, 15) is 10.1 Å². The van der Waals surface area contributed by atoms with Crippen LogP contribution in [0.1, 0.15) is 23.9 Å². The van der Waals surface area contributed by atoms with Gasteiger partial charge in [0.05, 0.1) is 29.1 Å². The third-order valence-corrected chi connectivity index (χ3v) is 4.22. The molecule has 2 N–H and O–H groups in total. The van der Waals surface area contributed by atoms with E-state index in [1.54, 1.807) is 13.2 Å². The fourth-order valence-corrected chi connectivity index (χ4v) is 2.87. The molecule has 2 aromatic carbocycles. The first kappa shape index (κ1) is 15.1. The van der Waals surface area contributed by atoms with Crippen molar-refractivity contribution < 1.29 is 9.66 Å². The van der Waals surface area contributed by atoms with Crippen molar-refractivity contribution in [3.05, 3.63) is 64.0 Å². The largest absolute Gasteiger partial charge is 0.497 e. The Morgan fingerprint density at radius 2 is 2.04 bits per heavy atom. The van der Waals surface area contributed by atoms with Crippen LogP contribution in [0.3, 0.4) is 0 Å². The van der Waals surface area contributed by atoms with Gasteiger partial charge < -0.3 is 15.1 Å². The molecule has 0 saturated carbocycles. The molecule has 8 nitrogen and oxygen atoms in total. The van der Waals surface area contributed by atoms with Crippen molar-refractivity contribution in [2.75, 3.05) is 7.11 Å². The predicted octanol–water partition coefficient (Wildman–Crippen LogP) is 2.92. The Hall–Kier alpha value is -3.42. The number of hydrogen-bond donors (Lipinski definition) is 2. The van der Waals surface area contributed by atoms with Crippen molar-refractivity contribution in [1.82, 2.24) is 15.4 Å². The Morgan fingerprint density at radius 1 is 1.24 bits per heavy atom. The summed E-state index contributed by atoms with van der Waals surface area (Å²) in [4.78, 5) is 18.1. The van der Waals surface area contributed by atoms with Crippen molar-refractivity contribution in [2.24, 2.45) is 5.10 Å². The molecule has 25 heavy (non-hydrogen) atoms. The highest BCUT2D eigenvalue weighted by Crippen LogP contribution is 2.26. The molecule has 0 unspecified atom stereocenters. The Morgan fingerprint density at radius 3 is 2.76 bits per heavy atom. The SMILES string of the molecule is COc1ccc([C@H]2CC(c3nc4ccc([N+](=O)[O-])cc4[nH]3)=NN2)cc1. The summed E-state index contributed by atoms with van der Waals surface area (Å²) in [6, 6.07) is 12.4. The molecule has 0 aliphatic carbocycles. The summed E-state index contributed by atoms with van der Waals surface area (Å²) < 4.78 is 5.17. The Kier molecular flexibility index (Phi) is 3.57. The van der Waals surface area contributed by atoms with Gasteiger partial charge in [-0.2, -0.15) is 5.10 Å². The number of H-pyrrole nitrogens is 1. The topological polar surface area (TPSA) is 105 Å². The molecule has 0 fully saturated rings. The standard InChI is InChI=1S/C17H15N5O3/c1-25-12-5-2-10(3-6-12)14-9-16(21-20-14)17-18-13-7-4-11(22(23)24)8-15(13)19-17/h2-8,14,20H,9H2,1H3,(H,18,19)/t14-/m1/s1. The van der Waals surface area contributed by atoms with Crippen LogP contribution in [0, 0.1) is 10.1 Å². The number of non-ortho nitro benzene ring substituents is 1. The number of aromatic amines is 1. The molecule has 126 valence electrons. The summed E-state index contributed by atoms with van der Waals surface area (Å²) >= 11 is 0. The number of fused-ring (bicyclic) bond motifs is 1. The van der Waals surface area contributed by atoms with E-state index in [1.165, 1.54) is 12.1 Å². The molecule has 0 amide bonds. The second-order valence-corrected chi connectivity index (χ2v) is 5.76. The number of aromatic nitrogens is 2. The molecule has 1 atom stereocenters. The highest BCUT2D eigenvalue weighted by molar-refractivity contribution is 6.01. The summed E-state index contributed by atoms with van der Waals surface area (Å²) in [7, 11) is 1.63. The van der Waals surface area contributed by atoms with Gasteiger partial charge in [-0.25, -0.2) is 4.98 Å². The predicted molar refractivity (Wildman–Crippen MR) is 92.8 cm³/mol. The first-order valence-electron chi connectivity index (χ1n) is 7.74. The van der Waals surface area contributed by atoms with Crippen LogP contribution in [-0.4, -0.2) is 27.7 Å². The number of benzene rings is 2. The second-order valence-electron chi connectivity index (χ2n) is 5.76. The number of nitro benzene ring substituents is 1. The lowest BCUT2D eigenvalue weighted by molar-refractivity contribution is -0.384. The molecule has 1 aliphatic rings. The first-order valence-corrected chi connectivity index (χ1v) is 7.74. The molecule has 0 saturated heterocycles. The van der Waals surface area contributed by atoms with Gasteiger partial charge in [-0.15, -0.1) is 0 Å². The molecule has 4 rings (SSSR count). The van der Waals surface area contributed by atoms with Gasteiger partial charge in [-0.3, -0.25) is 10.1 Å². The van der Waals surface area contributed by atoms with E-state index in [0.29, 0.717) is 23.3 Å². The lowest BCUT2D eigenvalue weighted by atomic mass is 10.0. The zero-order chi connectivity index (χ0) is 17.4. The van der Waals surface area contributed by atoms with E-state index in [1.807, 2.05) is 24.3 Å². The molecule has 0 spiro atoms. The number of nitrogens with one attached hydrogen (secondary N) is 2. The van der Waals surface area contributed by atoms with Crippen molar-refractivity contribution >= 4 is 22.4 Å². The van der Waals surface area contributed by atoms with Crippen LogP contribution in [0.4, 0.5) is 5.69 Å². The highest BCUT2D eigenvalue weighted by Gasteiger charge is 2.23. The highest BCUT2D eigenvalue weighted by atomic mass is 16.6. The fraction of sp³-hybridized carbons (Fsp3) is 0.176. The molecular formula is C17H15N5O3. The maximum absolute atomic E-state index is 10.9. The van der Waals surface area contributed by atoms with E-state index in [-0.39, 0.29) is 11.7 Å². The number of nitrogens with zero attached hydrogens (tertiary/aromatic N) is 3. The molecule has 2 heterocycles. The van der Waals surface area contributed by atoms with E-state index in [4.69, 9.17) is 4.74 Å². The molecule has 8 heteroatoms. The van der Waals surface area contributed by atoms with Gasteiger partial charge in [0.25, 0.3) is 5.69 Å². The van der Waals surface area contributed by atoms with Gasteiger partial charge in [0, 0.05) is 18.6 Å². The summed E-state index contributed by atoms with van der Waals surface area (Å²) in [6.07, 6.45) is 0.675. The average Bonchev–Trinajstić information content (AvgIpc) is 3.27. The van der Waals surface area contributed by atoms with Crippen LogP contribution >= 0.6 is 0 Å². The fourth-order valence-electron chi connectivity index (χ4n) is 2.87. The maximum Gasteiger partial charge on any atom is 0.271 e. The third-order valence-electron chi connectivity index (χ3n) is 4.22. The van der Waals surface area contributed by atoms with Crippen molar-refractivity contribution in [3.63, 3.8) is 0 Å². The van der Waals surface area contributed by atoms with Crippen molar-refractivity contribution in [2.45, 2.75) is 12.5 Å². The number of rotatable bonds is 4. The smallest absolute Gasteiger partial charge is 0.271 e. The molecule has 0 radical (unpaired) electrons. The number of imidazole rings is 1. The van der Waals surface area contributed by atoms with Gasteiger partial charge in [0.2, 0.25) is 0 Å². The summed E-state index contributed by atoms with van der Waals surface area (Å²) in [5, 5.41) is 15.2. The van der Waals surface area contributed by atoms with Crippen LogP contribution in [0.25, 0.3) is 11.0 Å². The Labute approximate surface area is 142 Å². The van der Waals surface area contributed by atoms with E-state index in [0.717, 1.165) is 17.0 Å². The number of hydrazone groups is 1. The normalized spacial score (nSPS) is 16.5. The minimum Gasteiger partial charge on any atom is -0.497 e. The summed E-state index contributed by atoms with van der Waals surface area (Å²) in [5.74, 6) is 1.43. The number of ether oxygens (including phenoxy) is 1. The van der Waals surface area contributed by atoms with Gasteiger partial charge in [0.15, 0.2) is 5.82 Å². The molecular weight excluding hydrogens is 322 g/mol. The molecule has 3 aromatic rings. The molecule has 1 aromatic heterocycles. The first-order chi connectivity index (χ1) is 12.1. The third kappa shape index (κ3) is 2.78. The van der Waals surface area contributed by atoms with Crippen molar-refractivity contribution in [3.8, 4) is 5.75 Å². The summed E-state index contributed by atoms with van der Waals surface area (Å²) in [5.41, 5.74) is 6.34. The zero-order valence-corrected chi connectivity index (χ0v) is 13.4. The van der Waals surface area contributed by atoms with Gasteiger partial charge in [-0.1, -0.05) is 12.1 Å². The van der Waals surface area contributed by atoms with Crippen LogP contribution in [-0.2, 0) is 0 Å². The van der Waals surface area contributed by atoms with Crippen LogP contribution in [0.5, 0.6) is 5.75 Å². The van der Waals surface area contributed by atoms with Crippen LogP contribution in [0.2, 0.25) is 0 Å². The van der Waals surface area contributed by atoms with E-state index < -0.39 is 4.92 Å². The van der Waals surface area contributed by atoms with E-state index in [2.05, 4.69) is 20.5 Å². The Bertz CT molecular complexity index is 978. The second kappa shape index (κ2) is 5.90. The molecule has 0 bridgehead atoms. The lowest BCUT2D eigenvalue weighted by Gasteiger charge is -2.10. The zero-order valence-electron chi connectivity index (χ0n) is 13.4. The molecule has 1 aliphatic heterocycles. The number of methoxy groups -OCH3 is 1. The Balaban J connectivity index is 1.56. The van der Waals surface area contributed by atoms with Gasteiger partial charge in [0.1, 0.15) is 11.5 Å². The lowest BCUT2D eigenvalue weighted by Crippen LogP contribution is -2.09. The van der Waals surface area contributed by atoms with Gasteiger partial charge >= 0.3 is 0 Å². The van der Waals surface area contributed by atoms with Gasteiger partial charge in [-0.05, 0) is 23.8 Å². The maximum atomic E-state index is 10.9. The van der Waals surface area contributed by atoms with Crippen molar-refractivity contribution in [1.29, 1.82) is 0 Å². The number of hydrogen-bond acceptors (Lipinski definition) is 6. The minimum atomic E-state index is -0.422. The van der Waals surface area contributed by atoms with E-state index >= 15 is 0 Å².